The highest BCUT2D eigenvalue weighted by Crippen LogP contribution is 2.33. The quantitative estimate of drug-likeness (QED) is 0.480. The summed E-state index contributed by atoms with van der Waals surface area (Å²) in [6.45, 7) is 6.71. The Morgan fingerprint density at radius 1 is 1.00 bits per heavy atom. The normalized spacial score (nSPS) is 14.6. The number of rotatable bonds is 10. The van der Waals surface area contributed by atoms with Crippen LogP contribution in [-0.4, -0.2) is 74.2 Å². The minimum atomic E-state index is 0.00637. The van der Waals surface area contributed by atoms with Gasteiger partial charge in [0.2, 0.25) is 5.91 Å². The monoisotopic (exact) mass is 480 g/mol. The minimum Gasteiger partial charge on any atom is -0.493 e. The van der Waals surface area contributed by atoms with Gasteiger partial charge >= 0.3 is 0 Å². The Morgan fingerprint density at radius 3 is 2.47 bits per heavy atom. The van der Waals surface area contributed by atoms with E-state index in [0.717, 1.165) is 55.5 Å². The zero-order chi connectivity index (χ0) is 23.8. The second kappa shape index (κ2) is 12.0. The molecule has 1 aliphatic rings. The fraction of sp³-hybridized carbons (Fsp3) is 0.385. The van der Waals surface area contributed by atoms with Crippen LogP contribution in [0.1, 0.15) is 11.3 Å². The number of ether oxygens (including phenoxy) is 2. The van der Waals surface area contributed by atoms with Crippen molar-refractivity contribution in [1.29, 1.82) is 0 Å². The van der Waals surface area contributed by atoms with Crippen molar-refractivity contribution in [2.45, 2.75) is 13.0 Å². The van der Waals surface area contributed by atoms with Crippen LogP contribution in [-0.2, 0) is 17.8 Å². The lowest BCUT2D eigenvalue weighted by Crippen LogP contribution is -2.48. The van der Waals surface area contributed by atoms with Gasteiger partial charge in [0.05, 0.1) is 26.3 Å². The first-order chi connectivity index (χ1) is 16.6. The van der Waals surface area contributed by atoms with E-state index in [1.54, 1.807) is 14.2 Å². The smallest absolute Gasteiger partial charge is 0.226 e. The lowest BCUT2D eigenvalue weighted by Gasteiger charge is -2.34. The van der Waals surface area contributed by atoms with Gasteiger partial charge in [-0.15, -0.1) is 11.3 Å². The predicted molar refractivity (Wildman–Crippen MR) is 136 cm³/mol. The highest BCUT2D eigenvalue weighted by Gasteiger charge is 2.17. The van der Waals surface area contributed by atoms with Crippen molar-refractivity contribution in [2.75, 3.05) is 53.5 Å². The molecule has 2 heterocycles. The Bertz CT molecular complexity index is 1060. The van der Waals surface area contributed by atoms with Crippen molar-refractivity contribution in [3.05, 3.63) is 65.2 Å². The molecule has 0 atom stereocenters. The van der Waals surface area contributed by atoms with Crippen molar-refractivity contribution in [3.8, 4) is 22.1 Å². The first kappa shape index (κ1) is 24.2. The number of carbonyl (C=O) groups excluding carboxylic acids is 1. The fourth-order valence-corrected chi connectivity index (χ4v) is 4.90. The number of aromatic nitrogens is 1. The van der Waals surface area contributed by atoms with Gasteiger partial charge in [-0.3, -0.25) is 14.6 Å². The molecule has 1 saturated heterocycles. The van der Waals surface area contributed by atoms with E-state index in [1.807, 2.05) is 23.6 Å². The van der Waals surface area contributed by atoms with Crippen molar-refractivity contribution in [2.24, 2.45) is 0 Å². The molecule has 0 saturated carbocycles. The van der Waals surface area contributed by atoms with Gasteiger partial charge in [0.1, 0.15) is 5.01 Å². The summed E-state index contributed by atoms with van der Waals surface area (Å²) in [4.78, 5) is 22.0. The third kappa shape index (κ3) is 6.56. The van der Waals surface area contributed by atoms with Gasteiger partial charge < -0.3 is 14.8 Å². The summed E-state index contributed by atoms with van der Waals surface area (Å²) in [6, 6.07) is 16.3. The molecule has 0 radical (unpaired) electrons. The van der Waals surface area contributed by atoms with E-state index >= 15 is 0 Å². The van der Waals surface area contributed by atoms with E-state index in [1.165, 1.54) is 16.9 Å². The van der Waals surface area contributed by atoms with Crippen LogP contribution in [0.4, 0.5) is 0 Å². The molecule has 4 rings (SSSR count). The van der Waals surface area contributed by atoms with Gasteiger partial charge in [0, 0.05) is 56.8 Å². The molecule has 0 bridgehead atoms. The molecule has 8 heteroatoms. The second-order valence-electron chi connectivity index (χ2n) is 8.34. The van der Waals surface area contributed by atoms with Gasteiger partial charge in [-0.05, 0) is 23.8 Å². The summed E-state index contributed by atoms with van der Waals surface area (Å²) in [7, 11) is 3.23. The zero-order valence-corrected chi connectivity index (χ0v) is 20.6. The van der Waals surface area contributed by atoms with E-state index in [9.17, 15) is 4.79 Å². The number of carbonyl (C=O) groups is 1. The maximum absolute atomic E-state index is 12.4. The van der Waals surface area contributed by atoms with Crippen LogP contribution in [0.3, 0.4) is 0 Å². The zero-order valence-electron chi connectivity index (χ0n) is 19.8. The number of piperazine rings is 1. The van der Waals surface area contributed by atoms with E-state index in [4.69, 9.17) is 9.47 Å². The van der Waals surface area contributed by atoms with E-state index in [2.05, 4.69) is 50.4 Å². The summed E-state index contributed by atoms with van der Waals surface area (Å²) >= 11 is 1.52. The molecular formula is C26H32N4O3S. The first-order valence-corrected chi connectivity index (χ1v) is 12.4. The van der Waals surface area contributed by atoms with E-state index in [-0.39, 0.29) is 12.3 Å². The average Bonchev–Trinajstić information content (AvgIpc) is 3.33. The van der Waals surface area contributed by atoms with Gasteiger partial charge in [-0.25, -0.2) is 4.98 Å². The van der Waals surface area contributed by atoms with Crippen LogP contribution in [0.5, 0.6) is 11.5 Å². The molecule has 1 N–H and O–H groups in total. The first-order valence-electron chi connectivity index (χ1n) is 11.6. The Hall–Kier alpha value is -2.94. The average molecular weight is 481 g/mol. The highest BCUT2D eigenvalue weighted by atomic mass is 32.1. The summed E-state index contributed by atoms with van der Waals surface area (Å²) in [5, 5.41) is 5.85. The lowest BCUT2D eigenvalue weighted by atomic mass is 10.2. The molecule has 1 fully saturated rings. The molecule has 7 nitrogen and oxygen atoms in total. The molecule has 34 heavy (non-hydrogen) atoms. The summed E-state index contributed by atoms with van der Waals surface area (Å²) in [5.41, 5.74) is 3.09. The van der Waals surface area contributed by atoms with Crippen LogP contribution >= 0.6 is 11.3 Å². The highest BCUT2D eigenvalue weighted by molar-refractivity contribution is 7.13. The fourth-order valence-electron chi connectivity index (χ4n) is 4.08. The number of nitrogens with zero attached hydrogens (tertiary/aromatic N) is 3. The minimum absolute atomic E-state index is 0.00637. The molecule has 0 aliphatic carbocycles. The Labute approximate surface area is 205 Å². The van der Waals surface area contributed by atoms with Crippen molar-refractivity contribution in [1.82, 2.24) is 20.1 Å². The molecule has 0 unspecified atom stereocenters. The van der Waals surface area contributed by atoms with Gasteiger partial charge in [-0.1, -0.05) is 30.3 Å². The number of benzene rings is 2. The summed E-state index contributed by atoms with van der Waals surface area (Å²) in [5.74, 6) is 1.35. The SMILES string of the molecule is COc1ccc(-c2nc(CC(=O)NCCN3CCN(Cc4ccccc4)CC3)cs2)cc1OC. The summed E-state index contributed by atoms with van der Waals surface area (Å²) in [6.07, 6.45) is 0.286. The van der Waals surface area contributed by atoms with Crippen LogP contribution in [0, 0.1) is 0 Å². The maximum atomic E-state index is 12.4. The third-order valence-electron chi connectivity index (χ3n) is 5.99. The Kier molecular flexibility index (Phi) is 8.51. The van der Waals surface area contributed by atoms with Gasteiger partial charge in [0.15, 0.2) is 11.5 Å². The molecule has 3 aromatic rings. The Balaban J connectivity index is 1.18. The molecule has 0 spiro atoms. The molecule has 2 aromatic carbocycles. The molecule has 1 amide bonds. The van der Waals surface area contributed by atoms with Gasteiger partial charge in [0.25, 0.3) is 0 Å². The van der Waals surface area contributed by atoms with Crippen molar-refractivity contribution < 1.29 is 14.3 Å². The largest absolute Gasteiger partial charge is 0.493 e. The molecule has 1 aliphatic heterocycles. The second-order valence-corrected chi connectivity index (χ2v) is 9.20. The molecular weight excluding hydrogens is 448 g/mol. The third-order valence-corrected chi connectivity index (χ3v) is 6.93. The Morgan fingerprint density at radius 2 is 1.74 bits per heavy atom. The van der Waals surface area contributed by atoms with Gasteiger partial charge in [-0.2, -0.15) is 0 Å². The van der Waals surface area contributed by atoms with Crippen molar-refractivity contribution >= 4 is 17.2 Å². The van der Waals surface area contributed by atoms with E-state index < -0.39 is 0 Å². The van der Waals surface area contributed by atoms with Crippen LogP contribution < -0.4 is 14.8 Å². The number of nitrogens with one attached hydrogen (secondary N) is 1. The maximum Gasteiger partial charge on any atom is 0.226 e. The lowest BCUT2D eigenvalue weighted by molar-refractivity contribution is -0.120. The number of hydrogen-bond acceptors (Lipinski definition) is 7. The number of hydrogen-bond donors (Lipinski definition) is 1. The van der Waals surface area contributed by atoms with E-state index in [0.29, 0.717) is 18.0 Å². The van der Waals surface area contributed by atoms with Crippen LogP contribution in [0.2, 0.25) is 0 Å². The summed E-state index contributed by atoms with van der Waals surface area (Å²) < 4.78 is 10.7. The number of methoxy groups -OCH3 is 2. The number of thiazole rings is 1. The van der Waals surface area contributed by atoms with Crippen LogP contribution in [0.15, 0.2) is 53.9 Å². The topological polar surface area (TPSA) is 66.9 Å². The standard InChI is InChI=1S/C26H32N4O3S/c1-32-23-9-8-21(16-24(23)33-2)26-28-22(19-34-26)17-25(31)27-10-11-29-12-14-30(15-13-29)18-20-6-4-3-5-7-20/h3-9,16,19H,10-15,17-18H2,1-2H3,(H,27,31). The predicted octanol–water partition coefficient (Wildman–Crippen LogP) is 3.30. The molecule has 1 aromatic heterocycles. The molecule has 180 valence electrons. The number of amides is 1. The van der Waals surface area contributed by atoms with Crippen molar-refractivity contribution in [3.63, 3.8) is 0 Å². The van der Waals surface area contributed by atoms with Crippen LogP contribution in [0.25, 0.3) is 10.6 Å².